The number of allylic oxidation sites excluding steroid dienone is 16. The van der Waals surface area contributed by atoms with E-state index in [1.165, 1.54) is 180 Å². The Morgan fingerprint density at radius 1 is 0.266 bits per heavy atom. The summed E-state index contributed by atoms with van der Waals surface area (Å²) in [6.07, 6.45) is 90.1. The van der Waals surface area contributed by atoms with Crippen LogP contribution in [0.15, 0.2) is 97.2 Å². The average molecular weight is 1100 g/mol. The third-order valence-electron chi connectivity index (χ3n) is 14.6. The summed E-state index contributed by atoms with van der Waals surface area (Å²) < 4.78 is 16.9. The quantitative estimate of drug-likeness (QED) is 0.0261. The second kappa shape index (κ2) is 66.8. The van der Waals surface area contributed by atoms with Crippen LogP contribution >= 0.6 is 0 Å². The van der Waals surface area contributed by atoms with Crippen molar-refractivity contribution in [3.63, 3.8) is 0 Å². The maximum Gasteiger partial charge on any atom is 0.306 e. The number of ether oxygens (including phenoxy) is 3. The lowest BCUT2D eigenvalue weighted by molar-refractivity contribution is -0.167. The van der Waals surface area contributed by atoms with Crippen LogP contribution in [0.1, 0.15) is 329 Å². The monoisotopic (exact) mass is 1100 g/mol. The zero-order valence-electron chi connectivity index (χ0n) is 52.1. The molecule has 6 heteroatoms. The van der Waals surface area contributed by atoms with Crippen molar-refractivity contribution in [3.05, 3.63) is 97.2 Å². The SMILES string of the molecule is CC/C=C\C/C=C\C/C=C\C/C=C\C/C=C\C/C=C\C/C=C\CCCCCCCCCCCCCCCC(=O)OCC(COC(=O)CCCCCCC/C=C\CCCC)OC(=O)CCCCCCCCCCCCCCCCC. The van der Waals surface area contributed by atoms with Crippen LogP contribution in [0.2, 0.25) is 0 Å². The first-order chi connectivity index (χ1) is 39.0. The van der Waals surface area contributed by atoms with Crippen molar-refractivity contribution in [2.75, 3.05) is 13.2 Å². The summed E-state index contributed by atoms with van der Waals surface area (Å²) in [5.74, 6) is -0.873. The van der Waals surface area contributed by atoms with E-state index in [4.69, 9.17) is 14.2 Å². The van der Waals surface area contributed by atoms with Gasteiger partial charge in [-0.3, -0.25) is 14.4 Å². The van der Waals surface area contributed by atoms with E-state index in [2.05, 4.69) is 118 Å². The molecule has 0 aromatic heterocycles. The van der Waals surface area contributed by atoms with Gasteiger partial charge in [-0.05, 0) is 96.3 Å². The fourth-order valence-corrected chi connectivity index (χ4v) is 9.52. The van der Waals surface area contributed by atoms with Crippen LogP contribution in [-0.4, -0.2) is 37.2 Å². The molecule has 0 bridgehead atoms. The Hall–Kier alpha value is -3.67. The van der Waals surface area contributed by atoms with Gasteiger partial charge < -0.3 is 14.2 Å². The number of hydrogen-bond donors (Lipinski definition) is 0. The Morgan fingerprint density at radius 2 is 0.506 bits per heavy atom. The van der Waals surface area contributed by atoms with Crippen molar-refractivity contribution in [3.8, 4) is 0 Å². The molecule has 0 saturated heterocycles. The van der Waals surface area contributed by atoms with Gasteiger partial charge in [0.1, 0.15) is 13.2 Å². The molecule has 454 valence electrons. The van der Waals surface area contributed by atoms with Crippen molar-refractivity contribution >= 4 is 17.9 Å². The Kier molecular flexibility index (Phi) is 63.7. The van der Waals surface area contributed by atoms with E-state index < -0.39 is 6.10 Å². The van der Waals surface area contributed by atoms with Crippen molar-refractivity contribution in [2.45, 2.75) is 335 Å². The molecule has 0 aliphatic rings. The van der Waals surface area contributed by atoms with Crippen LogP contribution in [0.4, 0.5) is 0 Å². The van der Waals surface area contributed by atoms with E-state index in [0.717, 1.165) is 109 Å². The summed E-state index contributed by atoms with van der Waals surface area (Å²) in [4.78, 5) is 38.2. The van der Waals surface area contributed by atoms with E-state index in [0.29, 0.717) is 19.3 Å². The zero-order chi connectivity index (χ0) is 57.1. The topological polar surface area (TPSA) is 78.9 Å². The molecule has 79 heavy (non-hydrogen) atoms. The average Bonchev–Trinajstić information content (AvgIpc) is 3.45. The van der Waals surface area contributed by atoms with Gasteiger partial charge in [-0.25, -0.2) is 0 Å². The summed E-state index contributed by atoms with van der Waals surface area (Å²) in [7, 11) is 0. The third kappa shape index (κ3) is 65.0. The predicted octanol–water partition coefficient (Wildman–Crippen LogP) is 23.2. The summed E-state index contributed by atoms with van der Waals surface area (Å²) in [6, 6.07) is 0. The van der Waals surface area contributed by atoms with E-state index >= 15 is 0 Å². The molecule has 0 spiro atoms. The van der Waals surface area contributed by atoms with Crippen LogP contribution in [0.5, 0.6) is 0 Å². The molecule has 0 saturated carbocycles. The standard InChI is InChI=1S/C73H126O6/c1-4-7-10-13-16-19-22-24-26-27-28-29-30-31-32-33-34-35-36-37-38-39-40-41-42-43-44-45-47-48-51-54-57-60-63-66-72(75)78-69-70(68-77-71(74)65-62-59-56-53-50-21-18-15-12-9-6-3)79-73(76)67-64-61-58-55-52-49-46-25-23-20-17-14-11-8-5-2/h7,10,15-16,18-19,24,26,28-29,31-32,34-35,37-38,70H,4-6,8-9,11-14,17,20-23,25,27,30,33,36,39-69H2,1-3H3/b10-7-,18-15-,19-16-,26-24-,29-28-,32-31-,35-34-,38-37-. The van der Waals surface area contributed by atoms with Crippen LogP contribution in [0.25, 0.3) is 0 Å². The van der Waals surface area contributed by atoms with E-state index in [-0.39, 0.29) is 31.1 Å². The number of esters is 3. The van der Waals surface area contributed by atoms with Gasteiger partial charge in [0.15, 0.2) is 6.10 Å². The molecular weight excluding hydrogens is 973 g/mol. The molecule has 0 aromatic carbocycles. The van der Waals surface area contributed by atoms with Crippen LogP contribution in [0.3, 0.4) is 0 Å². The summed E-state index contributed by atoms with van der Waals surface area (Å²) in [5, 5.41) is 0. The van der Waals surface area contributed by atoms with Gasteiger partial charge >= 0.3 is 17.9 Å². The van der Waals surface area contributed by atoms with Crippen LogP contribution in [-0.2, 0) is 28.6 Å². The number of carbonyl (C=O) groups is 3. The summed E-state index contributed by atoms with van der Waals surface area (Å²) >= 11 is 0. The molecule has 1 atom stereocenters. The Morgan fingerprint density at radius 3 is 0.823 bits per heavy atom. The largest absolute Gasteiger partial charge is 0.462 e. The zero-order valence-corrected chi connectivity index (χ0v) is 52.1. The van der Waals surface area contributed by atoms with Crippen molar-refractivity contribution in [1.29, 1.82) is 0 Å². The normalized spacial score (nSPS) is 12.7. The molecule has 0 rings (SSSR count). The van der Waals surface area contributed by atoms with Gasteiger partial charge in [0.2, 0.25) is 0 Å². The van der Waals surface area contributed by atoms with Gasteiger partial charge in [-0.15, -0.1) is 0 Å². The summed E-state index contributed by atoms with van der Waals surface area (Å²) in [6.45, 7) is 6.51. The molecule has 0 fully saturated rings. The second-order valence-corrected chi connectivity index (χ2v) is 22.4. The van der Waals surface area contributed by atoms with Gasteiger partial charge in [0, 0.05) is 19.3 Å². The lowest BCUT2D eigenvalue weighted by Crippen LogP contribution is -2.30. The summed E-state index contributed by atoms with van der Waals surface area (Å²) in [5.41, 5.74) is 0. The minimum atomic E-state index is -0.778. The molecule has 6 nitrogen and oxygen atoms in total. The van der Waals surface area contributed by atoms with Crippen molar-refractivity contribution in [2.24, 2.45) is 0 Å². The third-order valence-corrected chi connectivity index (χ3v) is 14.6. The Labute approximate surface area is 489 Å². The molecule has 0 N–H and O–H groups in total. The van der Waals surface area contributed by atoms with Gasteiger partial charge in [0.05, 0.1) is 0 Å². The highest BCUT2D eigenvalue weighted by atomic mass is 16.6. The molecular formula is C73H126O6. The van der Waals surface area contributed by atoms with Crippen LogP contribution < -0.4 is 0 Å². The number of hydrogen-bond acceptors (Lipinski definition) is 6. The Bertz CT molecular complexity index is 1540. The molecule has 0 aliphatic carbocycles. The second-order valence-electron chi connectivity index (χ2n) is 22.4. The molecule has 0 radical (unpaired) electrons. The van der Waals surface area contributed by atoms with Gasteiger partial charge in [-0.2, -0.15) is 0 Å². The number of carbonyl (C=O) groups excluding carboxylic acids is 3. The Balaban J connectivity index is 4.12. The highest BCUT2D eigenvalue weighted by molar-refractivity contribution is 5.71. The van der Waals surface area contributed by atoms with E-state index in [1.54, 1.807) is 0 Å². The maximum absolute atomic E-state index is 12.9. The van der Waals surface area contributed by atoms with Crippen molar-refractivity contribution < 1.29 is 28.6 Å². The minimum Gasteiger partial charge on any atom is -0.462 e. The van der Waals surface area contributed by atoms with E-state index in [1.807, 2.05) is 0 Å². The van der Waals surface area contributed by atoms with Crippen LogP contribution in [0, 0.1) is 0 Å². The molecule has 0 heterocycles. The lowest BCUT2D eigenvalue weighted by atomic mass is 10.0. The highest BCUT2D eigenvalue weighted by Gasteiger charge is 2.19. The van der Waals surface area contributed by atoms with E-state index in [9.17, 15) is 14.4 Å². The first-order valence-corrected chi connectivity index (χ1v) is 33.7. The van der Waals surface area contributed by atoms with Gasteiger partial charge in [0.25, 0.3) is 0 Å². The minimum absolute atomic E-state index is 0.0761. The molecule has 0 amide bonds. The number of rotatable bonds is 61. The number of unbranched alkanes of at least 4 members (excludes halogenated alkanes) is 34. The first-order valence-electron chi connectivity index (χ1n) is 33.7. The maximum atomic E-state index is 12.9. The fourth-order valence-electron chi connectivity index (χ4n) is 9.52. The molecule has 0 aromatic rings. The lowest BCUT2D eigenvalue weighted by Gasteiger charge is -2.18. The van der Waals surface area contributed by atoms with Gasteiger partial charge in [-0.1, -0.05) is 311 Å². The molecule has 0 aliphatic heterocycles. The van der Waals surface area contributed by atoms with Crippen molar-refractivity contribution in [1.82, 2.24) is 0 Å². The smallest absolute Gasteiger partial charge is 0.306 e. The fraction of sp³-hybridized carbons (Fsp3) is 0.740. The predicted molar refractivity (Wildman–Crippen MR) is 344 cm³/mol. The molecule has 1 unspecified atom stereocenters. The highest BCUT2D eigenvalue weighted by Crippen LogP contribution is 2.17. The first kappa shape index (κ1) is 75.3.